The monoisotopic (exact) mass is 460 g/mol. The molecule has 1 amide bonds. The number of carbonyl (C=O) groups excluding carboxylic acids is 1. The van der Waals surface area contributed by atoms with Gasteiger partial charge in [-0.3, -0.25) is 9.69 Å². The molecular formula is C25H36N2O6. The minimum absolute atomic E-state index is 0.00110. The van der Waals surface area contributed by atoms with Crippen molar-refractivity contribution in [1.82, 2.24) is 9.80 Å². The van der Waals surface area contributed by atoms with Gasteiger partial charge >= 0.3 is 0 Å². The van der Waals surface area contributed by atoms with E-state index in [-0.39, 0.29) is 25.2 Å². The minimum atomic E-state index is -0.605. The Hall–Kier alpha value is -2.39. The number of β-amino-alcohol motifs (C(OH)–C–C–N with tert-alkyl or cyclic N) is 1. The number of aliphatic hydroxyl groups is 1. The molecule has 0 unspecified atom stereocenters. The number of carbonyl (C=O) groups is 1. The largest absolute Gasteiger partial charge is 0.484 e. The fraction of sp³-hybridized carbons (Fsp3) is 0.560. The molecule has 0 aliphatic carbocycles. The molecule has 33 heavy (non-hydrogen) atoms. The van der Waals surface area contributed by atoms with Crippen molar-refractivity contribution in [2.24, 2.45) is 5.92 Å². The van der Waals surface area contributed by atoms with Crippen molar-refractivity contribution in [2.75, 3.05) is 52.5 Å². The van der Waals surface area contributed by atoms with Gasteiger partial charge in [0.2, 0.25) is 0 Å². The number of furan rings is 1. The molecule has 1 aromatic carbocycles. The zero-order valence-electron chi connectivity index (χ0n) is 19.6. The van der Waals surface area contributed by atoms with Crippen LogP contribution >= 0.6 is 0 Å². The van der Waals surface area contributed by atoms with E-state index in [9.17, 15) is 9.90 Å². The van der Waals surface area contributed by atoms with Crippen LogP contribution in [0.5, 0.6) is 5.75 Å². The topological polar surface area (TPSA) is 84.6 Å². The van der Waals surface area contributed by atoms with Crippen molar-refractivity contribution in [2.45, 2.75) is 32.7 Å². The highest BCUT2D eigenvalue weighted by atomic mass is 16.5. The first-order valence-electron chi connectivity index (χ1n) is 11.6. The summed E-state index contributed by atoms with van der Waals surface area (Å²) in [6, 6.07) is 13.0. The Kier molecular flexibility index (Phi) is 10.2. The summed E-state index contributed by atoms with van der Waals surface area (Å²) < 4.78 is 22.4. The second-order valence-corrected chi connectivity index (χ2v) is 8.79. The minimum Gasteiger partial charge on any atom is -0.484 e. The Bertz CT molecular complexity index is 798. The number of rotatable bonds is 13. The normalized spacial score (nSPS) is 17.8. The molecule has 8 heteroatoms. The summed E-state index contributed by atoms with van der Waals surface area (Å²) >= 11 is 0. The fourth-order valence-electron chi connectivity index (χ4n) is 3.82. The third-order valence-corrected chi connectivity index (χ3v) is 5.29. The fourth-order valence-corrected chi connectivity index (χ4v) is 3.82. The van der Waals surface area contributed by atoms with E-state index in [1.165, 1.54) is 0 Å². The van der Waals surface area contributed by atoms with Gasteiger partial charge in [-0.05, 0) is 30.2 Å². The SMILES string of the molecule is CC(C)CN(C[C@@H]1CN(C[C@H](O)COCc2ccco2)CCO1)C(=O)COc1ccccc1. The number of morpholine rings is 1. The lowest BCUT2D eigenvalue weighted by atomic mass is 10.1. The van der Waals surface area contributed by atoms with E-state index in [1.807, 2.05) is 47.4 Å². The molecule has 1 saturated heterocycles. The van der Waals surface area contributed by atoms with Crippen LogP contribution in [0, 0.1) is 5.92 Å². The van der Waals surface area contributed by atoms with Crippen LogP contribution in [-0.4, -0.2) is 85.6 Å². The number of para-hydroxylation sites is 1. The van der Waals surface area contributed by atoms with Crippen LogP contribution in [0.3, 0.4) is 0 Å². The Morgan fingerprint density at radius 3 is 2.79 bits per heavy atom. The van der Waals surface area contributed by atoms with Crippen LogP contribution in [0.25, 0.3) is 0 Å². The standard InChI is InChI=1S/C25H36N2O6/c1-20(2)13-27(25(29)19-33-22-7-4-3-5-8-22)16-24-15-26(10-12-32-24)14-21(28)17-30-18-23-9-6-11-31-23/h3-9,11,20-21,24,28H,10,12-19H2,1-2H3/t21-,24-/m0/s1. The number of hydrogen-bond donors (Lipinski definition) is 1. The number of nitrogens with zero attached hydrogens (tertiary/aromatic N) is 2. The van der Waals surface area contributed by atoms with Gasteiger partial charge in [0.15, 0.2) is 6.61 Å². The molecule has 3 rings (SSSR count). The lowest BCUT2D eigenvalue weighted by Gasteiger charge is -2.37. The molecule has 2 aromatic rings. The summed E-state index contributed by atoms with van der Waals surface area (Å²) in [5.74, 6) is 1.69. The molecule has 2 atom stereocenters. The first kappa shape index (κ1) is 25.2. The van der Waals surface area contributed by atoms with E-state index < -0.39 is 6.10 Å². The number of hydrogen-bond acceptors (Lipinski definition) is 7. The maximum Gasteiger partial charge on any atom is 0.260 e. The number of ether oxygens (including phenoxy) is 3. The van der Waals surface area contributed by atoms with Crippen molar-refractivity contribution < 1.29 is 28.5 Å². The molecular weight excluding hydrogens is 424 g/mol. The molecule has 0 bridgehead atoms. The highest BCUT2D eigenvalue weighted by molar-refractivity contribution is 5.77. The van der Waals surface area contributed by atoms with Gasteiger partial charge in [0.25, 0.3) is 5.91 Å². The van der Waals surface area contributed by atoms with Gasteiger partial charge in [-0.1, -0.05) is 32.0 Å². The van der Waals surface area contributed by atoms with Gasteiger partial charge in [-0.2, -0.15) is 0 Å². The molecule has 8 nitrogen and oxygen atoms in total. The molecule has 0 saturated carbocycles. The van der Waals surface area contributed by atoms with E-state index >= 15 is 0 Å². The van der Waals surface area contributed by atoms with Crippen LogP contribution in [-0.2, 0) is 20.9 Å². The van der Waals surface area contributed by atoms with E-state index in [4.69, 9.17) is 18.6 Å². The molecule has 1 aliphatic heterocycles. The van der Waals surface area contributed by atoms with E-state index in [0.29, 0.717) is 51.1 Å². The summed E-state index contributed by atoms with van der Waals surface area (Å²) in [6.45, 7) is 8.33. The average Bonchev–Trinajstić information content (AvgIpc) is 3.31. The maximum absolute atomic E-state index is 12.9. The first-order valence-corrected chi connectivity index (χ1v) is 11.6. The molecule has 1 aromatic heterocycles. The van der Waals surface area contributed by atoms with Gasteiger partial charge in [0, 0.05) is 32.7 Å². The smallest absolute Gasteiger partial charge is 0.260 e. The predicted octanol–water partition coefficient (Wildman–Crippen LogP) is 2.42. The van der Waals surface area contributed by atoms with Crippen molar-refractivity contribution in [3.05, 3.63) is 54.5 Å². The Labute approximate surface area is 196 Å². The van der Waals surface area contributed by atoms with E-state index in [1.54, 1.807) is 6.26 Å². The van der Waals surface area contributed by atoms with Crippen LogP contribution < -0.4 is 4.74 Å². The van der Waals surface area contributed by atoms with E-state index in [0.717, 1.165) is 12.3 Å². The van der Waals surface area contributed by atoms with E-state index in [2.05, 4.69) is 18.7 Å². The summed E-state index contributed by atoms with van der Waals surface area (Å²) in [5, 5.41) is 10.4. The summed E-state index contributed by atoms with van der Waals surface area (Å²) in [4.78, 5) is 16.9. The molecule has 1 fully saturated rings. The van der Waals surface area contributed by atoms with Crippen molar-refractivity contribution in [3.63, 3.8) is 0 Å². The van der Waals surface area contributed by atoms with Crippen LogP contribution in [0.15, 0.2) is 53.1 Å². The summed E-state index contributed by atoms with van der Waals surface area (Å²) in [7, 11) is 0. The zero-order chi connectivity index (χ0) is 23.5. The molecule has 1 N–H and O–H groups in total. The Morgan fingerprint density at radius 1 is 1.24 bits per heavy atom. The molecule has 0 radical (unpaired) electrons. The van der Waals surface area contributed by atoms with Gasteiger partial charge in [-0.15, -0.1) is 0 Å². The number of amides is 1. The van der Waals surface area contributed by atoms with Crippen molar-refractivity contribution in [1.29, 1.82) is 0 Å². The average molecular weight is 461 g/mol. The first-order chi connectivity index (χ1) is 16.0. The molecule has 182 valence electrons. The highest BCUT2D eigenvalue weighted by Crippen LogP contribution is 2.12. The van der Waals surface area contributed by atoms with Gasteiger partial charge in [-0.25, -0.2) is 0 Å². The third kappa shape index (κ3) is 9.17. The van der Waals surface area contributed by atoms with Crippen molar-refractivity contribution in [3.8, 4) is 5.75 Å². The Balaban J connectivity index is 1.44. The molecule has 1 aliphatic rings. The maximum atomic E-state index is 12.9. The highest BCUT2D eigenvalue weighted by Gasteiger charge is 2.26. The number of benzene rings is 1. The van der Waals surface area contributed by atoms with Crippen molar-refractivity contribution >= 4 is 5.91 Å². The summed E-state index contributed by atoms with van der Waals surface area (Å²) in [5.41, 5.74) is 0. The van der Waals surface area contributed by atoms with Gasteiger partial charge in [0.05, 0.1) is 31.7 Å². The second-order valence-electron chi connectivity index (χ2n) is 8.79. The number of aliphatic hydroxyl groups excluding tert-OH is 1. The van der Waals surface area contributed by atoms with Gasteiger partial charge < -0.3 is 28.6 Å². The zero-order valence-corrected chi connectivity index (χ0v) is 19.6. The third-order valence-electron chi connectivity index (χ3n) is 5.29. The van der Waals surface area contributed by atoms with Crippen LogP contribution in [0.4, 0.5) is 0 Å². The predicted molar refractivity (Wildman–Crippen MR) is 124 cm³/mol. The van der Waals surface area contributed by atoms with Crippen LogP contribution in [0.2, 0.25) is 0 Å². The molecule has 0 spiro atoms. The quantitative estimate of drug-likeness (QED) is 0.491. The second kappa shape index (κ2) is 13.3. The Morgan fingerprint density at radius 2 is 2.06 bits per heavy atom. The lowest BCUT2D eigenvalue weighted by Crippen LogP contribution is -2.51. The van der Waals surface area contributed by atoms with Crippen LogP contribution in [0.1, 0.15) is 19.6 Å². The lowest BCUT2D eigenvalue weighted by molar-refractivity contribution is -0.137. The van der Waals surface area contributed by atoms with Gasteiger partial charge in [0.1, 0.15) is 18.1 Å². The summed E-state index contributed by atoms with van der Waals surface area (Å²) in [6.07, 6.45) is 0.880. The molecule has 2 heterocycles.